The fraction of sp³-hybridized carbons (Fsp3) is 0.222. The third-order valence-corrected chi connectivity index (χ3v) is 8.29. The number of nitrogens with one attached hydrogen (secondary N) is 1. The summed E-state index contributed by atoms with van der Waals surface area (Å²) in [6.07, 6.45) is 1.76. The SMILES string of the molecule is O=C(Nc1nc(-c2ccc(Cl)s2)cs1)c1ccc(S(=O)(=O)N2CCCC2)cc1. The summed E-state index contributed by atoms with van der Waals surface area (Å²) in [5.41, 5.74) is 1.13. The van der Waals surface area contributed by atoms with E-state index in [-0.39, 0.29) is 10.8 Å². The Morgan fingerprint density at radius 1 is 1.11 bits per heavy atom. The fourth-order valence-corrected chi connectivity index (χ4v) is 6.22. The quantitative estimate of drug-likeness (QED) is 0.614. The third kappa shape index (κ3) is 3.99. The van der Waals surface area contributed by atoms with E-state index in [2.05, 4.69) is 10.3 Å². The monoisotopic (exact) mass is 453 g/mol. The van der Waals surface area contributed by atoms with Crippen molar-refractivity contribution >= 4 is 55.3 Å². The van der Waals surface area contributed by atoms with E-state index in [1.54, 1.807) is 6.07 Å². The van der Waals surface area contributed by atoms with Gasteiger partial charge in [-0.3, -0.25) is 10.1 Å². The lowest BCUT2D eigenvalue weighted by molar-refractivity contribution is 0.102. The zero-order valence-corrected chi connectivity index (χ0v) is 17.8. The molecule has 1 N–H and O–H groups in total. The third-order valence-electron chi connectivity index (χ3n) is 4.37. The number of carbonyl (C=O) groups is 1. The zero-order valence-electron chi connectivity index (χ0n) is 14.6. The first-order valence-corrected chi connectivity index (χ1v) is 12.1. The van der Waals surface area contributed by atoms with Gasteiger partial charge in [-0.1, -0.05) is 11.6 Å². The molecular formula is C18H16ClN3O3S3. The van der Waals surface area contributed by atoms with Crippen molar-refractivity contribution in [2.75, 3.05) is 18.4 Å². The van der Waals surface area contributed by atoms with Gasteiger partial charge in [-0.2, -0.15) is 4.31 Å². The summed E-state index contributed by atoms with van der Waals surface area (Å²) in [6, 6.07) is 9.68. The van der Waals surface area contributed by atoms with Crippen molar-refractivity contribution in [1.82, 2.24) is 9.29 Å². The molecule has 1 saturated heterocycles. The van der Waals surface area contributed by atoms with E-state index in [0.717, 1.165) is 23.4 Å². The van der Waals surface area contributed by atoms with Crippen molar-refractivity contribution in [3.63, 3.8) is 0 Å². The number of thiazole rings is 1. The van der Waals surface area contributed by atoms with Crippen LogP contribution in [0.25, 0.3) is 10.6 Å². The number of benzene rings is 1. The maximum atomic E-state index is 12.6. The largest absolute Gasteiger partial charge is 0.298 e. The van der Waals surface area contributed by atoms with E-state index < -0.39 is 10.0 Å². The number of carbonyl (C=O) groups excluding carboxylic acids is 1. The van der Waals surface area contributed by atoms with Crippen LogP contribution in [0.1, 0.15) is 23.2 Å². The van der Waals surface area contributed by atoms with Crippen molar-refractivity contribution in [2.45, 2.75) is 17.7 Å². The van der Waals surface area contributed by atoms with Crippen LogP contribution in [0.5, 0.6) is 0 Å². The van der Waals surface area contributed by atoms with Crippen LogP contribution in [0.4, 0.5) is 5.13 Å². The molecule has 1 aromatic carbocycles. The average molecular weight is 454 g/mol. The van der Waals surface area contributed by atoms with Gasteiger partial charge < -0.3 is 0 Å². The Kier molecular flexibility index (Phi) is 5.52. The number of hydrogen-bond donors (Lipinski definition) is 1. The molecule has 0 unspecified atom stereocenters. The molecule has 0 atom stereocenters. The first kappa shape index (κ1) is 19.5. The van der Waals surface area contributed by atoms with Crippen molar-refractivity contribution in [2.24, 2.45) is 0 Å². The van der Waals surface area contributed by atoms with E-state index in [9.17, 15) is 13.2 Å². The van der Waals surface area contributed by atoms with Crippen LogP contribution in [-0.4, -0.2) is 36.7 Å². The summed E-state index contributed by atoms with van der Waals surface area (Å²) < 4.78 is 27.3. The Hall–Kier alpha value is -1.78. The molecule has 1 fully saturated rings. The van der Waals surface area contributed by atoms with Gasteiger partial charge in [0.25, 0.3) is 5.91 Å². The van der Waals surface area contributed by atoms with Gasteiger partial charge in [0.2, 0.25) is 10.0 Å². The molecule has 146 valence electrons. The zero-order chi connectivity index (χ0) is 19.7. The van der Waals surface area contributed by atoms with Gasteiger partial charge in [0.1, 0.15) is 0 Å². The Morgan fingerprint density at radius 3 is 2.46 bits per heavy atom. The van der Waals surface area contributed by atoms with Gasteiger partial charge in [-0.15, -0.1) is 22.7 Å². The molecule has 0 aliphatic carbocycles. The molecule has 28 heavy (non-hydrogen) atoms. The van der Waals surface area contributed by atoms with E-state index in [4.69, 9.17) is 11.6 Å². The van der Waals surface area contributed by atoms with Crippen molar-refractivity contribution in [1.29, 1.82) is 0 Å². The highest BCUT2D eigenvalue weighted by Crippen LogP contribution is 2.33. The van der Waals surface area contributed by atoms with Crippen LogP contribution < -0.4 is 5.32 Å². The molecule has 3 heterocycles. The van der Waals surface area contributed by atoms with E-state index >= 15 is 0 Å². The lowest BCUT2D eigenvalue weighted by atomic mass is 10.2. The minimum Gasteiger partial charge on any atom is -0.298 e. The summed E-state index contributed by atoms with van der Waals surface area (Å²) >= 11 is 8.68. The van der Waals surface area contributed by atoms with Crippen LogP contribution >= 0.6 is 34.3 Å². The van der Waals surface area contributed by atoms with Crippen molar-refractivity contribution in [3.05, 3.63) is 51.7 Å². The first-order valence-electron chi connectivity index (χ1n) is 8.56. The smallest absolute Gasteiger partial charge is 0.257 e. The molecular weight excluding hydrogens is 438 g/mol. The van der Waals surface area contributed by atoms with Gasteiger partial charge in [0.15, 0.2) is 5.13 Å². The molecule has 10 heteroatoms. The molecule has 3 aromatic rings. The normalized spacial score (nSPS) is 15.0. The summed E-state index contributed by atoms with van der Waals surface area (Å²) in [4.78, 5) is 18.0. The summed E-state index contributed by atoms with van der Waals surface area (Å²) in [5.74, 6) is -0.338. The van der Waals surface area contributed by atoms with Crippen LogP contribution in [0, 0.1) is 0 Å². The number of thiophene rings is 1. The number of halogens is 1. The second-order valence-electron chi connectivity index (χ2n) is 6.23. The molecule has 2 aromatic heterocycles. The van der Waals surface area contributed by atoms with Crippen LogP contribution in [0.15, 0.2) is 46.7 Å². The second-order valence-corrected chi connectivity index (χ2v) is 10.7. The molecule has 1 amide bonds. The lowest BCUT2D eigenvalue weighted by Gasteiger charge is -2.15. The van der Waals surface area contributed by atoms with E-state index in [1.165, 1.54) is 51.2 Å². The number of amides is 1. The van der Waals surface area contributed by atoms with Crippen LogP contribution in [0.2, 0.25) is 4.34 Å². The predicted molar refractivity (Wildman–Crippen MR) is 113 cm³/mol. The highest BCUT2D eigenvalue weighted by Gasteiger charge is 2.27. The number of hydrogen-bond acceptors (Lipinski definition) is 6. The standard InChI is InChI=1S/C18H16ClN3O3S3/c19-16-8-7-15(27-16)14-11-26-18(20-14)21-17(23)12-3-5-13(6-4-12)28(24,25)22-9-1-2-10-22/h3-8,11H,1-2,9-10H2,(H,20,21,23). The average Bonchev–Trinajstić information content (AvgIpc) is 3.43. The highest BCUT2D eigenvalue weighted by atomic mass is 35.5. The van der Waals surface area contributed by atoms with Gasteiger partial charge in [0.05, 0.1) is 19.8 Å². The van der Waals surface area contributed by atoms with Crippen molar-refractivity contribution < 1.29 is 13.2 Å². The maximum Gasteiger partial charge on any atom is 0.257 e. The summed E-state index contributed by atoms with van der Waals surface area (Å²) in [5, 5.41) is 5.07. The maximum absolute atomic E-state index is 12.6. The Balaban J connectivity index is 1.46. The Bertz CT molecular complexity index is 1100. The molecule has 4 rings (SSSR count). The van der Waals surface area contributed by atoms with Gasteiger partial charge in [-0.25, -0.2) is 13.4 Å². The highest BCUT2D eigenvalue weighted by molar-refractivity contribution is 7.89. The topological polar surface area (TPSA) is 79.4 Å². The molecule has 1 aliphatic rings. The molecule has 0 saturated carbocycles. The van der Waals surface area contributed by atoms with Gasteiger partial charge in [0, 0.05) is 24.0 Å². The molecule has 0 spiro atoms. The second kappa shape index (κ2) is 7.92. The van der Waals surface area contributed by atoms with Crippen molar-refractivity contribution in [3.8, 4) is 10.6 Å². The van der Waals surface area contributed by atoms with Crippen LogP contribution in [0.3, 0.4) is 0 Å². The van der Waals surface area contributed by atoms with E-state index in [0.29, 0.717) is 28.1 Å². The number of aromatic nitrogens is 1. The Labute approximate surface area is 175 Å². The molecule has 1 aliphatic heterocycles. The number of nitrogens with zero attached hydrogens (tertiary/aromatic N) is 2. The minimum atomic E-state index is -3.48. The Morgan fingerprint density at radius 2 is 1.82 bits per heavy atom. The fourth-order valence-electron chi connectivity index (χ4n) is 2.92. The summed E-state index contributed by atoms with van der Waals surface area (Å²) in [7, 11) is -3.48. The molecule has 0 bridgehead atoms. The first-order chi connectivity index (χ1) is 13.4. The number of rotatable bonds is 5. The molecule has 0 radical (unpaired) electrons. The number of sulfonamides is 1. The van der Waals surface area contributed by atoms with E-state index in [1.807, 2.05) is 11.4 Å². The number of anilines is 1. The summed E-state index contributed by atoms with van der Waals surface area (Å²) in [6.45, 7) is 1.10. The molecule has 6 nitrogen and oxygen atoms in total. The van der Waals surface area contributed by atoms with Crippen LogP contribution in [-0.2, 0) is 10.0 Å². The lowest BCUT2D eigenvalue weighted by Crippen LogP contribution is -2.27. The van der Waals surface area contributed by atoms with Gasteiger partial charge >= 0.3 is 0 Å². The predicted octanol–water partition coefficient (Wildman–Crippen LogP) is 4.56. The minimum absolute atomic E-state index is 0.206. The van der Waals surface area contributed by atoms with Gasteiger partial charge in [-0.05, 0) is 49.2 Å².